The van der Waals surface area contributed by atoms with Crippen LogP contribution in [0.2, 0.25) is 5.02 Å². The lowest BCUT2D eigenvalue weighted by Gasteiger charge is -2.32. The molecule has 0 atom stereocenters. The topological polar surface area (TPSA) is 61.5 Å². The van der Waals surface area contributed by atoms with Crippen LogP contribution in [0.5, 0.6) is 5.75 Å². The van der Waals surface area contributed by atoms with Gasteiger partial charge in [0, 0.05) is 11.6 Å². The second kappa shape index (κ2) is 7.89. The van der Waals surface area contributed by atoms with E-state index in [4.69, 9.17) is 16.6 Å². The Morgan fingerprint density at radius 2 is 1.81 bits per heavy atom. The lowest BCUT2D eigenvalue weighted by molar-refractivity contribution is 0.196. The van der Waals surface area contributed by atoms with Crippen LogP contribution in [0.1, 0.15) is 30.1 Å². The zero-order valence-electron chi connectivity index (χ0n) is 15.2. The Morgan fingerprint density at radius 3 is 2.52 bits per heavy atom. The molecule has 6 heteroatoms. The quantitative estimate of drug-likeness (QED) is 0.701. The Balaban J connectivity index is 1.47. The van der Waals surface area contributed by atoms with E-state index in [0.717, 1.165) is 49.3 Å². The van der Waals surface area contributed by atoms with Crippen LogP contribution >= 0.6 is 11.6 Å². The summed E-state index contributed by atoms with van der Waals surface area (Å²) in [5.74, 6) is 1.83. The minimum atomic E-state index is 0.0773. The van der Waals surface area contributed by atoms with Gasteiger partial charge in [-0.15, -0.1) is 0 Å². The van der Waals surface area contributed by atoms with Crippen LogP contribution in [0.4, 0.5) is 0 Å². The van der Waals surface area contributed by atoms with Crippen molar-refractivity contribution in [2.75, 3.05) is 19.7 Å². The summed E-state index contributed by atoms with van der Waals surface area (Å²) >= 11 is 6.15. The molecule has 5 nitrogen and oxygen atoms in total. The molecule has 27 heavy (non-hydrogen) atoms. The molecule has 1 aliphatic rings. The summed E-state index contributed by atoms with van der Waals surface area (Å²) in [7, 11) is 0. The molecular weight excluding hydrogens is 362 g/mol. The summed E-state index contributed by atoms with van der Waals surface area (Å²) < 4.78 is 2.08. The maximum absolute atomic E-state index is 9.46. The number of aliphatic hydroxyl groups excluding tert-OH is 1. The number of halogens is 1. The van der Waals surface area contributed by atoms with Gasteiger partial charge in [-0.25, -0.2) is 4.98 Å². The van der Waals surface area contributed by atoms with Crippen molar-refractivity contribution in [3.63, 3.8) is 0 Å². The van der Waals surface area contributed by atoms with E-state index in [1.807, 2.05) is 30.3 Å². The van der Waals surface area contributed by atoms with Gasteiger partial charge in [0.1, 0.15) is 11.6 Å². The molecule has 2 heterocycles. The Labute approximate surface area is 163 Å². The number of aromatic hydroxyl groups is 1. The third-order valence-electron chi connectivity index (χ3n) is 5.43. The zero-order chi connectivity index (χ0) is 18.8. The van der Waals surface area contributed by atoms with E-state index in [2.05, 4.69) is 9.47 Å². The van der Waals surface area contributed by atoms with Gasteiger partial charge in [-0.2, -0.15) is 0 Å². The minimum Gasteiger partial charge on any atom is -0.508 e. The van der Waals surface area contributed by atoms with Gasteiger partial charge in [0.05, 0.1) is 24.2 Å². The standard InChI is InChI=1S/C21H24ClN3O2/c22-17-3-6-19-20(13-17)25(11-12-26)21(23-19)14-24-9-7-16(8-10-24)15-1-4-18(27)5-2-15/h1-6,13,16,26-27H,7-12,14H2. The molecule has 0 saturated carbocycles. The smallest absolute Gasteiger partial charge is 0.124 e. The summed E-state index contributed by atoms with van der Waals surface area (Å²) in [5.41, 5.74) is 3.20. The van der Waals surface area contributed by atoms with Crippen LogP contribution < -0.4 is 0 Å². The number of nitrogens with zero attached hydrogens (tertiary/aromatic N) is 3. The van der Waals surface area contributed by atoms with Gasteiger partial charge in [-0.3, -0.25) is 4.90 Å². The highest BCUT2D eigenvalue weighted by Gasteiger charge is 2.22. The number of imidazole rings is 1. The second-order valence-electron chi connectivity index (χ2n) is 7.18. The normalized spacial score (nSPS) is 16.2. The number of aromatic nitrogens is 2. The van der Waals surface area contributed by atoms with E-state index in [9.17, 15) is 10.2 Å². The molecule has 0 bridgehead atoms. The maximum Gasteiger partial charge on any atom is 0.124 e. The summed E-state index contributed by atoms with van der Waals surface area (Å²) in [6.07, 6.45) is 2.19. The molecule has 2 N–H and O–H groups in total. The molecule has 4 rings (SSSR count). The maximum atomic E-state index is 9.46. The average Bonchev–Trinajstić information content (AvgIpc) is 3.00. The molecule has 1 saturated heterocycles. The first-order valence-corrected chi connectivity index (χ1v) is 9.78. The number of hydrogen-bond acceptors (Lipinski definition) is 4. The van der Waals surface area contributed by atoms with E-state index in [1.165, 1.54) is 5.56 Å². The Kier molecular flexibility index (Phi) is 5.34. The SMILES string of the molecule is OCCn1c(CN2CCC(c3ccc(O)cc3)CC2)nc2ccc(Cl)cc21. The van der Waals surface area contributed by atoms with Gasteiger partial charge in [0.2, 0.25) is 0 Å². The lowest BCUT2D eigenvalue weighted by Crippen LogP contribution is -2.33. The third kappa shape index (κ3) is 3.95. The molecule has 0 aliphatic carbocycles. The predicted molar refractivity (Wildman–Crippen MR) is 107 cm³/mol. The Bertz CT molecular complexity index is 915. The van der Waals surface area contributed by atoms with Crippen LogP contribution in [0, 0.1) is 0 Å². The van der Waals surface area contributed by atoms with Gasteiger partial charge in [0.15, 0.2) is 0 Å². The van der Waals surface area contributed by atoms with Gasteiger partial charge >= 0.3 is 0 Å². The van der Waals surface area contributed by atoms with Crippen molar-refractivity contribution >= 4 is 22.6 Å². The first kappa shape index (κ1) is 18.3. The predicted octanol–water partition coefficient (Wildman–Crippen LogP) is 3.77. The van der Waals surface area contributed by atoms with E-state index in [0.29, 0.717) is 23.2 Å². The van der Waals surface area contributed by atoms with Crippen LogP contribution in [-0.4, -0.2) is 44.4 Å². The van der Waals surface area contributed by atoms with Gasteiger partial charge in [0.25, 0.3) is 0 Å². The monoisotopic (exact) mass is 385 g/mol. The first-order chi connectivity index (χ1) is 13.1. The highest BCUT2D eigenvalue weighted by Crippen LogP contribution is 2.30. The van der Waals surface area contributed by atoms with E-state index in [-0.39, 0.29) is 6.61 Å². The summed E-state index contributed by atoms with van der Waals surface area (Å²) in [6, 6.07) is 13.3. The molecule has 2 aromatic carbocycles. The molecule has 1 aliphatic heterocycles. The highest BCUT2D eigenvalue weighted by molar-refractivity contribution is 6.31. The Morgan fingerprint density at radius 1 is 1.07 bits per heavy atom. The van der Waals surface area contributed by atoms with Crippen LogP contribution in [0.15, 0.2) is 42.5 Å². The summed E-state index contributed by atoms with van der Waals surface area (Å²) in [4.78, 5) is 7.20. The number of likely N-dealkylation sites (tertiary alicyclic amines) is 1. The number of rotatable bonds is 5. The Hall–Kier alpha value is -2.08. The molecule has 0 amide bonds. The van der Waals surface area contributed by atoms with E-state index in [1.54, 1.807) is 12.1 Å². The number of phenols is 1. The molecule has 1 aromatic heterocycles. The van der Waals surface area contributed by atoms with Crippen LogP contribution in [-0.2, 0) is 13.1 Å². The van der Waals surface area contributed by atoms with Gasteiger partial charge in [-0.1, -0.05) is 23.7 Å². The number of fused-ring (bicyclic) bond motifs is 1. The van der Waals surface area contributed by atoms with Crippen LogP contribution in [0.3, 0.4) is 0 Å². The first-order valence-electron chi connectivity index (χ1n) is 9.41. The van der Waals surface area contributed by atoms with Gasteiger partial charge in [-0.05, 0) is 67.7 Å². The van der Waals surface area contributed by atoms with Crippen molar-refractivity contribution in [3.8, 4) is 5.75 Å². The van der Waals surface area contributed by atoms with Crippen LogP contribution in [0.25, 0.3) is 11.0 Å². The van der Waals surface area contributed by atoms with Gasteiger partial charge < -0.3 is 14.8 Å². The van der Waals surface area contributed by atoms with E-state index >= 15 is 0 Å². The third-order valence-corrected chi connectivity index (χ3v) is 5.67. The fourth-order valence-corrected chi connectivity index (χ4v) is 4.15. The number of piperidine rings is 1. The molecule has 0 radical (unpaired) electrons. The van der Waals surface area contributed by atoms with Crippen molar-refractivity contribution in [3.05, 3.63) is 58.9 Å². The van der Waals surface area contributed by atoms with Crippen molar-refractivity contribution in [2.24, 2.45) is 0 Å². The zero-order valence-corrected chi connectivity index (χ0v) is 15.9. The average molecular weight is 386 g/mol. The van der Waals surface area contributed by atoms with Crippen molar-refractivity contribution in [1.29, 1.82) is 0 Å². The minimum absolute atomic E-state index is 0.0773. The van der Waals surface area contributed by atoms with E-state index < -0.39 is 0 Å². The lowest BCUT2D eigenvalue weighted by atomic mass is 9.89. The molecule has 142 valence electrons. The molecule has 3 aromatic rings. The fraction of sp³-hybridized carbons (Fsp3) is 0.381. The van der Waals surface area contributed by atoms with Crippen molar-refractivity contribution in [1.82, 2.24) is 14.5 Å². The van der Waals surface area contributed by atoms with Crippen molar-refractivity contribution in [2.45, 2.75) is 31.8 Å². The summed E-state index contributed by atoms with van der Waals surface area (Å²) in [5, 5.41) is 19.6. The highest BCUT2D eigenvalue weighted by atomic mass is 35.5. The molecule has 0 spiro atoms. The summed E-state index contributed by atoms with van der Waals surface area (Å²) in [6.45, 7) is 3.39. The number of aliphatic hydroxyl groups is 1. The fourth-order valence-electron chi connectivity index (χ4n) is 3.99. The van der Waals surface area contributed by atoms with Crippen molar-refractivity contribution < 1.29 is 10.2 Å². The number of phenolic OH excluding ortho intramolecular Hbond substituents is 1. The molecule has 0 unspecified atom stereocenters. The number of hydrogen-bond donors (Lipinski definition) is 2. The number of benzene rings is 2. The molecular formula is C21H24ClN3O2. The molecule has 1 fully saturated rings. The largest absolute Gasteiger partial charge is 0.508 e. The second-order valence-corrected chi connectivity index (χ2v) is 7.61.